The molecular weight excluding hydrogens is 315 g/mol. The summed E-state index contributed by atoms with van der Waals surface area (Å²) < 4.78 is 11.3. The van der Waals surface area contributed by atoms with Gasteiger partial charge in [0.1, 0.15) is 0 Å². The fraction of sp³-hybridized carbons (Fsp3) is 0.190. The summed E-state index contributed by atoms with van der Waals surface area (Å²) in [5, 5.41) is 0. The van der Waals surface area contributed by atoms with Crippen molar-refractivity contribution in [1.29, 1.82) is 0 Å². The molecule has 0 aliphatic heterocycles. The van der Waals surface area contributed by atoms with E-state index in [2.05, 4.69) is 6.07 Å². The van der Waals surface area contributed by atoms with Gasteiger partial charge in [0.15, 0.2) is 0 Å². The quantitative estimate of drug-likeness (QED) is 0.784. The van der Waals surface area contributed by atoms with Gasteiger partial charge >= 0.3 is 0 Å². The first-order valence-corrected chi connectivity index (χ1v) is 8.11. The van der Waals surface area contributed by atoms with Crippen LogP contribution < -0.4 is 11.3 Å². The Labute approximate surface area is 147 Å². The number of halogens is 1. The van der Waals surface area contributed by atoms with Crippen molar-refractivity contribution in [3.8, 4) is 11.3 Å². The SMILES string of the molecule is CF.Cc1cc(-c2ccccc2)n(Cc2ccccc2)c(=O)c1CN. The molecule has 0 unspecified atom stereocenters. The third-order valence-corrected chi connectivity index (χ3v) is 4.08. The predicted octanol–water partition coefficient (Wildman–Crippen LogP) is 3.92. The number of hydrogen-bond acceptors (Lipinski definition) is 2. The molecule has 0 aliphatic rings. The molecule has 0 saturated carbocycles. The topological polar surface area (TPSA) is 48.0 Å². The average molecular weight is 338 g/mol. The molecule has 25 heavy (non-hydrogen) atoms. The molecule has 0 atom stereocenters. The van der Waals surface area contributed by atoms with Crippen LogP contribution in [0.5, 0.6) is 0 Å². The second kappa shape index (κ2) is 8.94. The normalized spacial score (nSPS) is 10.1. The maximum absolute atomic E-state index is 12.9. The van der Waals surface area contributed by atoms with Crippen LogP contribution in [0.2, 0.25) is 0 Å². The highest BCUT2D eigenvalue weighted by Crippen LogP contribution is 2.21. The minimum absolute atomic E-state index is 0.00444. The summed E-state index contributed by atoms with van der Waals surface area (Å²) in [5.74, 6) is 0. The molecule has 4 heteroatoms. The monoisotopic (exact) mass is 338 g/mol. The van der Waals surface area contributed by atoms with E-state index in [4.69, 9.17) is 5.73 Å². The Hall–Kier alpha value is -2.72. The molecule has 1 heterocycles. The number of rotatable bonds is 4. The molecule has 0 amide bonds. The number of hydrogen-bond donors (Lipinski definition) is 1. The Morgan fingerprint density at radius 1 is 0.960 bits per heavy atom. The van der Waals surface area contributed by atoms with Crippen LogP contribution in [0.3, 0.4) is 0 Å². The van der Waals surface area contributed by atoms with E-state index in [0.717, 1.165) is 22.4 Å². The number of nitrogens with zero attached hydrogens (tertiary/aromatic N) is 1. The van der Waals surface area contributed by atoms with Gasteiger partial charge in [-0.3, -0.25) is 9.18 Å². The summed E-state index contributed by atoms with van der Waals surface area (Å²) in [4.78, 5) is 12.9. The van der Waals surface area contributed by atoms with Crippen LogP contribution in [0.1, 0.15) is 16.7 Å². The Morgan fingerprint density at radius 2 is 1.52 bits per heavy atom. The molecule has 1 aromatic heterocycles. The number of alkyl halides is 1. The lowest BCUT2D eigenvalue weighted by molar-refractivity contribution is 0.636. The number of nitrogens with two attached hydrogens (primary N) is 1. The molecule has 0 radical (unpaired) electrons. The lowest BCUT2D eigenvalue weighted by Gasteiger charge is -2.17. The maximum atomic E-state index is 12.9. The zero-order valence-electron chi connectivity index (χ0n) is 14.6. The summed E-state index contributed by atoms with van der Waals surface area (Å²) in [5.41, 5.74) is 10.5. The van der Waals surface area contributed by atoms with E-state index in [-0.39, 0.29) is 12.1 Å². The lowest BCUT2D eigenvalue weighted by Crippen LogP contribution is -2.28. The summed E-state index contributed by atoms with van der Waals surface area (Å²) in [7, 11) is 0.500. The van der Waals surface area contributed by atoms with Crippen molar-refractivity contribution in [3.05, 3.63) is 93.8 Å². The summed E-state index contributed by atoms with van der Waals surface area (Å²) >= 11 is 0. The second-order valence-electron chi connectivity index (χ2n) is 5.64. The summed E-state index contributed by atoms with van der Waals surface area (Å²) in [6.45, 7) is 2.74. The molecule has 0 spiro atoms. The second-order valence-corrected chi connectivity index (χ2v) is 5.64. The predicted molar refractivity (Wildman–Crippen MR) is 101 cm³/mol. The van der Waals surface area contributed by atoms with Crippen LogP contribution in [0.25, 0.3) is 11.3 Å². The first-order chi connectivity index (χ1) is 12.2. The van der Waals surface area contributed by atoms with Gasteiger partial charge in [-0.2, -0.15) is 0 Å². The Kier molecular flexibility index (Phi) is 6.66. The van der Waals surface area contributed by atoms with Gasteiger partial charge in [-0.1, -0.05) is 60.7 Å². The van der Waals surface area contributed by atoms with Gasteiger partial charge in [0.05, 0.1) is 19.4 Å². The van der Waals surface area contributed by atoms with Crippen LogP contribution in [0.4, 0.5) is 4.39 Å². The summed E-state index contributed by atoms with van der Waals surface area (Å²) in [6.07, 6.45) is 0. The molecule has 2 aromatic carbocycles. The molecular formula is C21H23FN2O. The first-order valence-electron chi connectivity index (χ1n) is 8.11. The van der Waals surface area contributed by atoms with E-state index in [1.54, 1.807) is 0 Å². The Morgan fingerprint density at radius 3 is 2.08 bits per heavy atom. The largest absolute Gasteiger partial charge is 0.326 e. The molecule has 0 fully saturated rings. The van der Waals surface area contributed by atoms with Crippen molar-refractivity contribution < 1.29 is 4.39 Å². The maximum Gasteiger partial charge on any atom is 0.256 e. The zero-order valence-corrected chi connectivity index (χ0v) is 14.6. The third kappa shape index (κ3) is 4.22. The van der Waals surface area contributed by atoms with Crippen molar-refractivity contribution in [3.63, 3.8) is 0 Å². The van der Waals surface area contributed by atoms with Gasteiger partial charge < -0.3 is 10.3 Å². The highest BCUT2D eigenvalue weighted by Gasteiger charge is 2.13. The summed E-state index contributed by atoms with van der Waals surface area (Å²) in [6, 6.07) is 22.1. The number of pyridine rings is 1. The molecule has 0 bridgehead atoms. The van der Waals surface area contributed by atoms with Gasteiger partial charge in [0.2, 0.25) is 0 Å². The number of aryl methyl sites for hydroxylation is 1. The number of benzene rings is 2. The van der Waals surface area contributed by atoms with Crippen LogP contribution in [0.15, 0.2) is 71.5 Å². The smallest absolute Gasteiger partial charge is 0.256 e. The highest BCUT2D eigenvalue weighted by molar-refractivity contribution is 5.61. The van der Waals surface area contributed by atoms with Crippen LogP contribution in [-0.4, -0.2) is 11.7 Å². The molecule has 130 valence electrons. The van der Waals surface area contributed by atoms with Gasteiger partial charge in [-0.05, 0) is 29.7 Å². The van der Waals surface area contributed by atoms with E-state index < -0.39 is 0 Å². The minimum atomic E-state index is -0.00444. The van der Waals surface area contributed by atoms with Crippen molar-refractivity contribution >= 4 is 0 Å². The van der Waals surface area contributed by atoms with Crippen molar-refractivity contribution in [2.75, 3.05) is 7.18 Å². The fourth-order valence-electron chi connectivity index (χ4n) is 2.83. The molecule has 0 aliphatic carbocycles. The van der Waals surface area contributed by atoms with Crippen molar-refractivity contribution in [2.45, 2.75) is 20.0 Å². The zero-order chi connectivity index (χ0) is 18.2. The van der Waals surface area contributed by atoms with E-state index in [0.29, 0.717) is 19.3 Å². The molecule has 3 nitrogen and oxygen atoms in total. The average Bonchev–Trinajstić information content (AvgIpc) is 2.67. The van der Waals surface area contributed by atoms with E-state index >= 15 is 0 Å². The van der Waals surface area contributed by atoms with Crippen molar-refractivity contribution in [2.24, 2.45) is 5.73 Å². The molecule has 2 N–H and O–H groups in total. The van der Waals surface area contributed by atoms with Gasteiger partial charge in [0.25, 0.3) is 5.56 Å². The Balaban J connectivity index is 0.00000109. The third-order valence-electron chi connectivity index (χ3n) is 4.08. The molecule has 3 aromatic rings. The van der Waals surface area contributed by atoms with E-state index in [1.807, 2.05) is 72.2 Å². The van der Waals surface area contributed by atoms with Gasteiger partial charge in [-0.25, -0.2) is 0 Å². The lowest BCUT2D eigenvalue weighted by atomic mass is 10.0. The Bertz CT molecular complexity index is 858. The van der Waals surface area contributed by atoms with E-state index in [1.165, 1.54) is 0 Å². The van der Waals surface area contributed by atoms with Crippen LogP contribution in [-0.2, 0) is 13.1 Å². The standard InChI is InChI=1S/C20H20N2O.CH3F/c1-15-12-19(17-10-6-3-7-11-17)22(20(23)18(15)13-21)14-16-8-4-2-5-9-16;1-2/h2-12H,13-14,21H2,1H3;1H3. The fourth-order valence-corrected chi connectivity index (χ4v) is 2.83. The van der Waals surface area contributed by atoms with Gasteiger partial charge in [0, 0.05) is 12.1 Å². The molecule has 3 rings (SSSR count). The van der Waals surface area contributed by atoms with Gasteiger partial charge in [-0.15, -0.1) is 0 Å². The highest BCUT2D eigenvalue weighted by atomic mass is 19.1. The molecule has 0 saturated heterocycles. The number of aromatic nitrogens is 1. The first kappa shape index (κ1) is 18.6. The minimum Gasteiger partial charge on any atom is -0.326 e. The van der Waals surface area contributed by atoms with Crippen LogP contribution >= 0.6 is 0 Å². The van der Waals surface area contributed by atoms with Crippen LogP contribution in [0, 0.1) is 6.92 Å². The van der Waals surface area contributed by atoms with Crippen molar-refractivity contribution in [1.82, 2.24) is 4.57 Å². The van der Waals surface area contributed by atoms with E-state index in [9.17, 15) is 9.18 Å².